The molecule has 0 radical (unpaired) electrons. The molecule has 51 heavy (non-hydrogen) atoms. The first-order chi connectivity index (χ1) is 25.3. The van der Waals surface area contributed by atoms with Crippen molar-refractivity contribution in [2.45, 2.75) is 0 Å². The van der Waals surface area contributed by atoms with Gasteiger partial charge in [0.1, 0.15) is 5.52 Å². The second kappa shape index (κ2) is 11.9. The van der Waals surface area contributed by atoms with E-state index in [0.29, 0.717) is 5.89 Å². The van der Waals surface area contributed by atoms with Crippen LogP contribution in [0.2, 0.25) is 0 Å². The number of hydrogen-bond donors (Lipinski definition) is 0. The predicted molar refractivity (Wildman–Crippen MR) is 211 cm³/mol. The molecule has 4 heteroatoms. The van der Waals surface area contributed by atoms with Crippen LogP contribution in [0.25, 0.3) is 71.9 Å². The Labute approximate surface area is 295 Å². The molecule has 0 aliphatic heterocycles. The van der Waals surface area contributed by atoms with Gasteiger partial charge < -0.3 is 13.9 Å². The molecule has 2 heterocycles. The van der Waals surface area contributed by atoms with Crippen molar-refractivity contribution in [3.63, 3.8) is 0 Å². The summed E-state index contributed by atoms with van der Waals surface area (Å²) in [6.07, 6.45) is 0. The monoisotopic (exact) mass is 653 g/mol. The van der Waals surface area contributed by atoms with Crippen molar-refractivity contribution in [2.75, 3.05) is 4.90 Å². The molecule has 0 unspecified atom stereocenters. The summed E-state index contributed by atoms with van der Waals surface area (Å²) in [7, 11) is 0. The molecule has 8 aromatic carbocycles. The Morgan fingerprint density at radius 1 is 0.431 bits per heavy atom. The number of para-hydroxylation sites is 2. The molecule has 0 saturated carbocycles. The van der Waals surface area contributed by atoms with E-state index in [2.05, 4.69) is 161 Å². The zero-order valence-electron chi connectivity index (χ0n) is 27.6. The van der Waals surface area contributed by atoms with Crippen LogP contribution in [0.3, 0.4) is 0 Å². The summed E-state index contributed by atoms with van der Waals surface area (Å²) in [5, 5.41) is 4.53. The molecule has 0 atom stereocenters. The number of rotatable bonds is 6. The number of aromatic nitrogens is 2. The second-order valence-corrected chi connectivity index (χ2v) is 12.8. The Bertz CT molecular complexity index is 2850. The molecule has 4 nitrogen and oxygen atoms in total. The van der Waals surface area contributed by atoms with Crippen LogP contribution in [0.1, 0.15) is 0 Å². The molecule has 0 saturated heterocycles. The lowest BCUT2D eigenvalue weighted by molar-refractivity contribution is 0.623. The van der Waals surface area contributed by atoms with Crippen LogP contribution in [0, 0.1) is 0 Å². The fraction of sp³-hybridized carbons (Fsp3) is 0. The van der Waals surface area contributed by atoms with Gasteiger partial charge in [-0.25, -0.2) is 4.98 Å². The molecule has 10 rings (SSSR count). The molecule has 0 N–H and O–H groups in total. The Morgan fingerprint density at radius 3 is 1.84 bits per heavy atom. The Balaban J connectivity index is 1.20. The number of benzene rings is 8. The molecule has 0 amide bonds. The van der Waals surface area contributed by atoms with E-state index in [4.69, 9.17) is 9.40 Å². The molecule has 10 aromatic rings. The molecular weight excluding hydrogens is 623 g/mol. The maximum Gasteiger partial charge on any atom is 0.227 e. The van der Waals surface area contributed by atoms with Gasteiger partial charge in [-0.15, -0.1) is 0 Å². The van der Waals surface area contributed by atoms with Gasteiger partial charge in [-0.2, -0.15) is 0 Å². The molecule has 0 aliphatic carbocycles. The summed E-state index contributed by atoms with van der Waals surface area (Å²) in [6, 6.07) is 66.3. The summed E-state index contributed by atoms with van der Waals surface area (Å²) >= 11 is 0. The third-order valence-corrected chi connectivity index (χ3v) is 9.77. The maximum atomic E-state index is 6.51. The Hall–Kier alpha value is -6.91. The lowest BCUT2D eigenvalue weighted by Gasteiger charge is -2.26. The minimum atomic E-state index is 0.621. The third kappa shape index (κ3) is 4.96. The van der Waals surface area contributed by atoms with E-state index >= 15 is 0 Å². The molecule has 240 valence electrons. The zero-order chi connectivity index (χ0) is 33.7. The predicted octanol–water partition coefficient (Wildman–Crippen LogP) is 12.9. The topological polar surface area (TPSA) is 34.2 Å². The van der Waals surface area contributed by atoms with E-state index in [1.165, 1.54) is 27.4 Å². The van der Waals surface area contributed by atoms with Crippen molar-refractivity contribution in [3.05, 3.63) is 188 Å². The highest BCUT2D eigenvalue weighted by molar-refractivity contribution is 6.11. The summed E-state index contributed by atoms with van der Waals surface area (Å²) in [6.45, 7) is 0. The lowest BCUT2D eigenvalue weighted by atomic mass is 10.0. The van der Waals surface area contributed by atoms with Gasteiger partial charge in [0, 0.05) is 44.5 Å². The van der Waals surface area contributed by atoms with Crippen LogP contribution in [-0.2, 0) is 0 Å². The van der Waals surface area contributed by atoms with E-state index in [1.807, 2.05) is 36.4 Å². The van der Waals surface area contributed by atoms with Crippen molar-refractivity contribution in [1.29, 1.82) is 0 Å². The maximum absolute atomic E-state index is 6.51. The van der Waals surface area contributed by atoms with E-state index in [9.17, 15) is 0 Å². The minimum Gasteiger partial charge on any atom is -0.435 e. The van der Waals surface area contributed by atoms with Crippen molar-refractivity contribution < 1.29 is 4.42 Å². The normalized spacial score (nSPS) is 11.5. The highest BCUT2D eigenvalue weighted by Crippen LogP contribution is 2.42. The minimum absolute atomic E-state index is 0.621. The number of oxazole rings is 1. The van der Waals surface area contributed by atoms with Crippen molar-refractivity contribution in [1.82, 2.24) is 9.55 Å². The molecule has 0 fully saturated rings. The van der Waals surface area contributed by atoms with Gasteiger partial charge in [0.05, 0.1) is 11.0 Å². The third-order valence-electron chi connectivity index (χ3n) is 9.77. The van der Waals surface area contributed by atoms with Crippen LogP contribution >= 0.6 is 0 Å². The van der Waals surface area contributed by atoms with Crippen LogP contribution < -0.4 is 4.90 Å². The number of nitrogens with zero attached hydrogens (tertiary/aromatic N) is 3. The van der Waals surface area contributed by atoms with E-state index in [1.54, 1.807) is 0 Å². The number of fused-ring (bicyclic) bond motifs is 6. The van der Waals surface area contributed by atoms with Crippen molar-refractivity contribution >= 4 is 60.7 Å². The van der Waals surface area contributed by atoms with E-state index < -0.39 is 0 Å². The van der Waals surface area contributed by atoms with Gasteiger partial charge in [0.25, 0.3) is 0 Å². The van der Waals surface area contributed by atoms with Gasteiger partial charge in [-0.3, -0.25) is 0 Å². The quantitative estimate of drug-likeness (QED) is 0.179. The summed E-state index contributed by atoms with van der Waals surface area (Å²) < 4.78 is 8.87. The van der Waals surface area contributed by atoms with Gasteiger partial charge in [-0.05, 0) is 95.4 Å². The smallest absolute Gasteiger partial charge is 0.227 e. The second-order valence-electron chi connectivity index (χ2n) is 12.8. The SMILES string of the molecule is c1ccc(-c2cccc(N(c3ccc4ccc5nc(-c6ccccc6)oc5c4c3)c3ccc4c(c3)c3ccccc3n4-c3ccccc3)c2)cc1. The fourth-order valence-corrected chi connectivity index (χ4v) is 7.39. The average Bonchev–Trinajstić information content (AvgIpc) is 3.79. The summed E-state index contributed by atoms with van der Waals surface area (Å²) in [5.41, 5.74) is 11.6. The first-order valence-electron chi connectivity index (χ1n) is 17.2. The Morgan fingerprint density at radius 2 is 1.04 bits per heavy atom. The number of hydrogen-bond acceptors (Lipinski definition) is 3. The zero-order valence-corrected chi connectivity index (χ0v) is 27.6. The average molecular weight is 654 g/mol. The van der Waals surface area contributed by atoms with Crippen molar-refractivity contribution in [3.8, 4) is 28.3 Å². The fourth-order valence-electron chi connectivity index (χ4n) is 7.39. The first kappa shape index (κ1) is 29.0. The number of anilines is 3. The molecule has 2 aromatic heterocycles. The summed E-state index contributed by atoms with van der Waals surface area (Å²) in [4.78, 5) is 7.23. The lowest BCUT2D eigenvalue weighted by Crippen LogP contribution is -2.10. The van der Waals surface area contributed by atoms with Gasteiger partial charge in [0.15, 0.2) is 5.58 Å². The molecular formula is C47H31N3O. The van der Waals surface area contributed by atoms with Crippen LogP contribution in [-0.4, -0.2) is 9.55 Å². The van der Waals surface area contributed by atoms with Gasteiger partial charge in [-0.1, -0.05) is 109 Å². The highest BCUT2D eigenvalue weighted by atomic mass is 16.3. The van der Waals surface area contributed by atoms with Crippen LogP contribution in [0.4, 0.5) is 17.1 Å². The molecule has 0 bridgehead atoms. The van der Waals surface area contributed by atoms with Gasteiger partial charge in [0.2, 0.25) is 5.89 Å². The van der Waals surface area contributed by atoms with Crippen LogP contribution in [0.5, 0.6) is 0 Å². The van der Waals surface area contributed by atoms with E-state index in [0.717, 1.165) is 55.7 Å². The van der Waals surface area contributed by atoms with Crippen LogP contribution in [0.15, 0.2) is 192 Å². The van der Waals surface area contributed by atoms with E-state index in [-0.39, 0.29) is 0 Å². The first-order valence-corrected chi connectivity index (χ1v) is 17.2. The molecule has 0 spiro atoms. The largest absolute Gasteiger partial charge is 0.435 e. The standard InChI is InChI=1S/C47H31N3O/c1-4-13-32(14-5-1)35-17-12-20-37(29-35)49(38-25-23-33-24-27-43-46(41(33)30-38)51-47(48-43)34-15-6-2-7-16-34)39-26-28-45-42(31-39)40-21-10-11-22-44(40)50(45)36-18-8-3-9-19-36/h1-31H. The summed E-state index contributed by atoms with van der Waals surface area (Å²) in [5.74, 6) is 0.621. The Kier molecular flexibility index (Phi) is 6.78. The van der Waals surface area contributed by atoms with Gasteiger partial charge >= 0.3 is 0 Å². The van der Waals surface area contributed by atoms with Crippen molar-refractivity contribution in [2.24, 2.45) is 0 Å². The highest BCUT2D eigenvalue weighted by Gasteiger charge is 2.19. The molecule has 0 aliphatic rings.